The fourth-order valence-corrected chi connectivity index (χ4v) is 1.44. The average Bonchev–Trinajstić information content (AvgIpc) is 2.04. The summed E-state index contributed by atoms with van der Waals surface area (Å²) < 4.78 is 0. The topological polar surface area (TPSA) is 60.7 Å². The maximum Gasteiger partial charge on any atom is 0.492 e. The van der Waals surface area contributed by atoms with Crippen LogP contribution in [0.3, 0.4) is 0 Å². The van der Waals surface area contributed by atoms with E-state index in [1.807, 2.05) is 6.26 Å². The molecule has 0 aliphatic carbocycles. The minimum atomic E-state index is -1.61. The predicted molar refractivity (Wildman–Crippen MR) is 49.7 cm³/mol. The van der Waals surface area contributed by atoms with E-state index in [1.165, 1.54) is 17.8 Å². The summed E-state index contributed by atoms with van der Waals surface area (Å²) in [5, 5.41) is 27.0. The van der Waals surface area contributed by atoms with Gasteiger partial charge in [0, 0.05) is 10.4 Å². The number of phenols is 1. The van der Waals surface area contributed by atoms with E-state index in [0.29, 0.717) is 4.90 Å². The Bertz CT molecular complexity index is 277. The molecule has 0 spiro atoms. The molecule has 0 heterocycles. The highest BCUT2D eigenvalue weighted by molar-refractivity contribution is 7.98. The summed E-state index contributed by atoms with van der Waals surface area (Å²) in [5.41, 5.74) is 0.141. The Hall–Kier alpha value is -0.645. The summed E-state index contributed by atoms with van der Waals surface area (Å²) in [6, 6.07) is 4.85. The minimum Gasteiger partial charge on any atom is -0.507 e. The molecule has 5 heteroatoms. The SMILES string of the molecule is CSc1cccc(B(O)O)c1O. The molecule has 0 saturated carbocycles. The van der Waals surface area contributed by atoms with Crippen molar-refractivity contribution in [1.29, 1.82) is 0 Å². The van der Waals surface area contributed by atoms with Gasteiger partial charge in [0.1, 0.15) is 5.75 Å². The molecule has 3 nitrogen and oxygen atoms in total. The second kappa shape index (κ2) is 3.84. The van der Waals surface area contributed by atoms with Gasteiger partial charge in [0.15, 0.2) is 0 Å². The van der Waals surface area contributed by atoms with E-state index in [1.54, 1.807) is 12.1 Å². The molecule has 0 unspecified atom stereocenters. The van der Waals surface area contributed by atoms with Gasteiger partial charge in [0.05, 0.1) is 0 Å². The molecule has 0 aromatic heterocycles. The summed E-state index contributed by atoms with van der Waals surface area (Å²) in [7, 11) is -1.61. The van der Waals surface area contributed by atoms with Crippen LogP contribution in [0.2, 0.25) is 0 Å². The molecule has 12 heavy (non-hydrogen) atoms. The number of hydrogen-bond donors (Lipinski definition) is 3. The lowest BCUT2D eigenvalue weighted by atomic mass is 9.80. The number of hydrogen-bond acceptors (Lipinski definition) is 4. The maximum absolute atomic E-state index is 9.42. The molecule has 0 atom stereocenters. The molecule has 0 saturated heterocycles. The van der Waals surface area contributed by atoms with Gasteiger partial charge in [0.2, 0.25) is 0 Å². The smallest absolute Gasteiger partial charge is 0.492 e. The van der Waals surface area contributed by atoms with E-state index in [9.17, 15) is 5.11 Å². The monoisotopic (exact) mass is 184 g/mol. The van der Waals surface area contributed by atoms with Crippen molar-refractivity contribution in [2.45, 2.75) is 4.90 Å². The lowest BCUT2D eigenvalue weighted by Crippen LogP contribution is -2.30. The number of benzene rings is 1. The van der Waals surface area contributed by atoms with E-state index in [0.717, 1.165) is 0 Å². The van der Waals surface area contributed by atoms with Crippen LogP contribution in [0.1, 0.15) is 0 Å². The van der Waals surface area contributed by atoms with E-state index >= 15 is 0 Å². The number of phenolic OH excluding ortho intramolecular Hbond substituents is 1. The predicted octanol–water partition coefficient (Wildman–Crippen LogP) is -0.206. The lowest BCUT2D eigenvalue weighted by Gasteiger charge is -2.05. The highest BCUT2D eigenvalue weighted by Crippen LogP contribution is 2.23. The van der Waals surface area contributed by atoms with Gasteiger partial charge in [-0.15, -0.1) is 11.8 Å². The Morgan fingerprint density at radius 2 is 2.00 bits per heavy atom. The Balaban J connectivity index is 3.14. The van der Waals surface area contributed by atoms with E-state index < -0.39 is 7.12 Å². The molecule has 0 radical (unpaired) electrons. The quantitative estimate of drug-likeness (QED) is 0.439. The van der Waals surface area contributed by atoms with Gasteiger partial charge in [-0.2, -0.15) is 0 Å². The Morgan fingerprint density at radius 1 is 1.33 bits per heavy atom. The third-order valence-corrected chi connectivity index (χ3v) is 2.30. The molecule has 3 N–H and O–H groups in total. The van der Waals surface area contributed by atoms with Crippen molar-refractivity contribution in [3.8, 4) is 5.75 Å². The average molecular weight is 184 g/mol. The van der Waals surface area contributed by atoms with Gasteiger partial charge in [-0.05, 0) is 12.3 Å². The molecule has 0 aliphatic heterocycles. The summed E-state index contributed by atoms with van der Waals surface area (Å²) in [5.74, 6) is -0.0556. The van der Waals surface area contributed by atoms with Crippen LogP contribution in [0.25, 0.3) is 0 Å². The first-order chi connectivity index (χ1) is 5.66. The molecule has 1 aromatic carbocycles. The van der Waals surface area contributed by atoms with E-state index in [-0.39, 0.29) is 11.2 Å². The zero-order valence-electron chi connectivity index (χ0n) is 6.56. The van der Waals surface area contributed by atoms with Crippen molar-refractivity contribution in [3.05, 3.63) is 18.2 Å². The second-order valence-corrected chi connectivity index (χ2v) is 3.12. The maximum atomic E-state index is 9.42. The Labute approximate surface area is 75.2 Å². The van der Waals surface area contributed by atoms with Crippen molar-refractivity contribution in [2.75, 3.05) is 6.26 Å². The second-order valence-electron chi connectivity index (χ2n) is 2.27. The third kappa shape index (κ3) is 1.74. The number of para-hydroxylation sites is 1. The molecule has 0 fully saturated rings. The first-order valence-electron chi connectivity index (χ1n) is 3.39. The molecule has 0 amide bonds. The van der Waals surface area contributed by atoms with Crippen molar-refractivity contribution < 1.29 is 15.2 Å². The number of aromatic hydroxyl groups is 1. The van der Waals surface area contributed by atoms with Crippen LogP contribution in [0.4, 0.5) is 0 Å². The van der Waals surface area contributed by atoms with Crippen molar-refractivity contribution in [1.82, 2.24) is 0 Å². The van der Waals surface area contributed by atoms with Crippen LogP contribution in [-0.4, -0.2) is 28.5 Å². The first-order valence-corrected chi connectivity index (χ1v) is 4.61. The van der Waals surface area contributed by atoms with Gasteiger partial charge in [0.25, 0.3) is 0 Å². The largest absolute Gasteiger partial charge is 0.507 e. The van der Waals surface area contributed by atoms with E-state index in [4.69, 9.17) is 10.0 Å². The Kier molecular flexibility index (Phi) is 3.02. The van der Waals surface area contributed by atoms with Crippen molar-refractivity contribution in [2.24, 2.45) is 0 Å². The van der Waals surface area contributed by atoms with Crippen molar-refractivity contribution >= 4 is 24.3 Å². The van der Waals surface area contributed by atoms with Gasteiger partial charge in [-0.1, -0.05) is 12.1 Å². The van der Waals surface area contributed by atoms with Crippen LogP contribution in [0.15, 0.2) is 23.1 Å². The number of rotatable bonds is 2. The van der Waals surface area contributed by atoms with Gasteiger partial charge in [-0.3, -0.25) is 0 Å². The van der Waals surface area contributed by atoms with Crippen molar-refractivity contribution in [3.63, 3.8) is 0 Å². The lowest BCUT2D eigenvalue weighted by molar-refractivity contribution is 0.417. The summed E-state index contributed by atoms with van der Waals surface area (Å²) in [4.78, 5) is 0.639. The first kappa shape index (κ1) is 9.44. The van der Waals surface area contributed by atoms with Gasteiger partial charge < -0.3 is 15.2 Å². The number of thioether (sulfide) groups is 1. The molecule has 64 valence electrons. The molecule has 0 aliphatic rings. The van der Waals surface area contributed by atoms with Crippen LogP contribution < -0.4 is 5.46 Å². The van der Waals surface area contributed by atoms with Gasteiger partial charge in [-0.25, -0.2) is 0 Å². The van der Waals surface area contributed by atoms with Gasteiger partial charge >= 0.3 is 7.12 Å². The fraction of sp³-hybridized carbons (Fsp3) is 0.143. The fourth-order valence-electron chi connectivity index (χ4n) is 0.912. The summed E-state index contributed by atoms with van der Waals surface area (Å²) >= 11 is 1.35. The minimum absolute atomic E-state index is 0.0556. The highest BCUT2D eigenvalue weighted by Gasteiger charge is 2.17. The zero-order chi connectivity index (χ0) is 9.14. The molecular weight excluding hydrogens is 175 g/mol. The van der Waals surface area contributed by atoms with E-state index in [2.05, 4.69) is 0 Å². The molecule has 1 rings (SSSR count). The molecule has 1 aromatic rings. The normalized spacial score (nSPS) is 9.92. The highest BCUT2D eigenvalue weighted by atomic mass is 32.2. The van der Waals surface area contributed by atoms with Crippen LogP contribution in [0, 0.1) is 0 Å². The zero-order valence-corrected chi connectivity index (χ0v) is 7.38. The Morgan fingerprint density at radius 3 is 2.50 bits per heavy atom. The summed E-state index contributed by atoms with van der Waals surface area (Å²) in [6.07, 6.45) is 1.81. The molecule has 0 bridgehead atoms. The van der Waals surface area contributed by atoms with Crippen LogP contribution in [-0.2, 0) is 0 Å². The summed E-state index contributed by atoms with van der Waals surface area (Å²) in [6.45, 7) is 0. The van der Waals surface area contributed by atoms with Crippen LogP contribution in [0.5, 0.6) is 5.75 Å². The molecular formula is C7H9BO3S. The third-order valence-electron chi connectivity index (χ3n) is 1.53. The van der Waals surface area contributed by atoms with Crippen LogP contribution >= 0.6 is 11.8 Å². The standard InChI is InChI=1S/C7H9BO3S/c1-12-6-4-2-3-5(7(6)9)8(10)11/h2-4,9-11H,1H3.